The number of ether oxygens (including phenoxy) is 1. The maximum atomic E-state index is 13.2. The van der Waals surface area contributed by atoms with Gasteiger partial charge in [0.25, 0.3) is 0 Å². The van der Waals surface area contributed by atoms with Crippen LogP contribution in [0.25, 0.3) is 0 Å². The van der Waals surface area contributed by atoms with Gasteiger partial charge in [-0.15, -0.1) is 0 Å². The smallest absolute Gasteiger partial charge is 0.439 e. The number of halogens is 3. The Balaban J connectivity index is 3.26. The average molecular weight is 333 g/mol. The summed E-state index contributed by atoms with van der Waals surface area (Å²) in [4.78, 5) is 11.9. The van der Waals surface area contributed by atoms with Crippen LogP contribution in [-0.4, -0.2) is 16.9 Å². The number of unbranched alkanes of at least 4 members (excludes halogenated alkanes) is 1. The first kappa shape index (κ1) is 19.3. The summed E-state index contributed by atoms with van der Waals surface area (Å²) in [6, 6.07) is 3.36. The zero-order valence-electron chi connectivity index (χ0n) is 13.7. The molecule has 130 valence electrons. The lowest BCUT2D eigenvalue weighted by atomic mass is 9.99. The summed E-state index contributed by atoms with van der Waals surface area (Å²) in [6.45, 7) is 6.65. The molecule has 0 bridgehead atoms. The van der Waals surface area contributed by atoms with Gasteiger partial charge in [0.05, 0.1) is 11.3 Å². The normalized spacial score (nSPS) is 12.2. The van der Waals surface area contributed by atoms with Crippen LogP contribution >= 0.6 is 0 Å². The highest BCUT2D eigenvalue weighted by Crippen LogP contribution is 2.37. The second kappa shape index (κ2) is 7.21. The molecule has 1 amide bonds. The Morgan fingerprint density at radius 3 is 2.35 bits per heavy atom. The van der Waals surface area contributed by atoms with Gasteiger partial charge >= 0.3 is 12.3 Å². The zero-order valence-corrected chi connectivity index (χ0v) is 13.7. The Morgan fingerprint density at radius 1 is 1.26 bits per heavy atom. The Kier molecular flexibility index (Phi) is 6.04. The molecule has 1 aromatic rings. The lowest BCUT2D eigenvalue weighted by molar-refractivity contribution is -0.138. The SMILES string of the molecule is CCCCc1c(N(O)C(=O)OC(C)(C)C)cccc1C(F)(F)F. The van der Waals surface area contributed by atoms with Crippen LogP contribution in [0.1, 0.15) is 51.7 Å². The Bertz CT molecular complexity index is 550. The molecule has 0 radical (unpaired) electrons. The van der Waals surface area contributed by atoms with Gasteiger partial charge in [-0.25, -0.2) is 4.79 Å². The van der Waals surface area contributed by atoms with E-state index in [1.165, 1.54) is 6.07 Å². The van der Waals surface area contributed by atoms with Crippen LogP contribution in [0.4, 0.5) is 23.7 Å². The van der Waals surface area contributed by atoms with E-state index >= 15 is 0 Å². The third-order valence-corrected chi connectivity index (χ3v) is 3.03. The highest BCUT2D eigenvalue weighted by molar-refractivity contribution is 5.86. The number of hydrogen-bond donors (Lipinski definition) is 1. The minimum absolute atomic E-state index is 0.0986. The standard InChI is InChI=1S/C16H22F3NO3/c1-5-6-8-11-12(16(17,18)19)9-7-10-13(11)20(22)14(21)23-15(2,3)4/h7,9-10,22H,5-6,8H2,1-4H3. The molecule has 0 saturated carbocycles. The predicted molar refractivity (Wildman–Crippen MR) is 80.6 cm³/mol. The molecule has 0 aliphatic carbocycles. The molecule has 0 aliphatic rings. The number of benzene rings is 1. The van der Waals surface area contributed by atoms with E-state index in [0.29, 0.717) is 12.8 Å². The van der Waals surface area contributed by atoms with Crippen molar-refractivity contribution in [2.24, 2.45) is 0 Å². The maximum Gasteiger partial charge on any atom is 0.439 e. The van der Waals surface area contributed by atoms with Gasteiger partial charge in [-0.2, -0.15) is 18.2 Å². The van der Waals surface area contributed by atoms with E-state index < -0.39 is 23.4 Å². The lowest BCUT2D eigenvalue weighted by Gasteiger charge is -2.25. The van der Waals surface area contributed by atoms with Crippen LogP contribution < -0.4 is 5.06 Å². The van der Waals surface area contributed by atoms with E-state index in [1.807, 2.05) is 6.92 Å². The minimum Gasteiger partial charge on any atom is -0.442 e. The highest BCUT2D eigenvalue weighted by Gasteiger charge is 2.35. The van der Waals surface area contributed by atoms with Crippen LogP contribution in [0, 0.1) is 0 Å². The molecule has 0 unspecified atom stereocenters. The maximum absolute atomic E-state index is 13.2. The van der Waals surface area contributed by atoms with Crippen molar-refractivity contribution < 1.29 is 27.9 Å². The second-order valence-electron chi connectivity index (χ2n) is 6.20. The quantitative estimate of drug-likeness (QED) is 0.610. The van der Waals surface area contributed by atoms with Gasteiger partial charge in [-0.3, -0.25) is 5.21 Å². The van der Waals surface area contributed by atoms with E-state index in [2.05, 4.69) is 0 Å². The van der Waals surface area contributed by atoms with Crippen molar-refractivity contribution in [3.63, 3.8) is 0 Å². The van der Waals surface area contributed by atoms with E-state index in [9.17, 15) is 23.2 Å². The summed E-state index contributed by atoms with van der Waals surface area (Å²) < 4.78 is 44.5. The Hall–Kier alpha value is -1.76. The van der Waals surface area contributed by atoms with E-state index in [1.54, 1.807) is 20.8 Å². The number of amides is 1. The molecular weight excluding hydrogens is 311 g/mol. The molecule has 0 aromatic heterocycles. The highest BCUT2D eigenvalue weighted by atomic mass is 19.4. The summed E-state index contributed by atoms with van der Waals surface area (Å²) in [6.07, 6.45) is -4.39. The number of hydroxylamine groups is 1. The van der Waals surface area contributed by atoms with Gasteiger partial charge in [0.15, 0.2) is 0 Å². The molecule has 0 spiro atoms. The Morgan fingerprint density at radius 2 is 1.87 bits per heavy atom. The number of rotatable bonds is 4. The summed E-state index contributed by atoms with van der Waals surface area (Å²) in [5, 5.41) is 10.2. The minimum atomic E-state index is -4.56. The molecule has 0 atom stereocenters. The van der Waals surface area contributed by atoms with Crippen LogP contribution in [0.5, 0.6) is 0 Å². The largest absolute Gasteiger partial charge is 0.442 e. The second-order valence-corrected chi connectivity index (χ2v) is 6.20. The van der Waals surface area contributed by atoms with Crippen molar-refractivity contribution in [2.75, 3.05) is 5.06 Å². The van der Waals surface area contributed by atoms with Gasteiger partial charge < -0.3 is 4.74 Å². The van der Waals surface area contributed by atoms with Crippen molar-refractivity contribution in [1.29, 1.82) is 0 Å². The fraction of sp³-hybridized carbons (Fsp3) is 0.562. The lowest BCUT2D eigenvalue weighted by Crippen LogP contribution is -2.35. The topological polar surface area (TPSA) is 49.8 Å². The van der Waals surface area contributed by atoms with Crippen molar-refractivity contribution in [1.82, 2.24) is 0 Å². The molecule has 0 fully saturated rings. The van der Waals surface area contributed by atoms with E-state index in [-0.39, 0.29) is 22.7 Å². The fourth-order valence-corrected chi connectivity index (χ4v) is 2.06. The number of carbonyl (C=O) groups is 1. The third kappa shape index (κ3) is 5.42. The molecule has 1 rings (SSSR count). The van der Waals surface area contributed by atoms with Gasteiger partial charge in [0, 0.05) is 0 Å². The summed E-state index contributed by atoms with van der Waals surface area (Å²) in [7, 11) is 0. The van der Waals surface area contributed by atoms with Crippen molar-refractivity contribution in [2.45, 2.75) is 58.7 Å². The molecule has 0 saturated heterocycles. The zero-order chi connectivity index (χ0) is 17.8. The van der Waals surface area contributed by atoms with Crippen LogP contribution in [-0.2, 0) is 17.3 Å². The Labute approximate surface area is 133 Å². The summed E-state index contributed by atoms with van der Waals surface area (Å²) in [5.74, 6) is 0. The molecular formula is C16H22F3NO3. The van der Waals surface area contributed by atoms with E-state index in [0.717, 1.165) is 12.1 Å². The van der Waals surface area contributed by atoms with Gasteiger partial charge in [-0.05, 0) is 51.3 Å². The van der Waals surface area contributed by atoms with Crippen molar-refractivity contribution in [3.8, 4) is 0 Å². The molecule has 0 aliphatic heterocycles. The van der Waals surface area contributed by atoms with Crippen LogP contribution in [0.3, 0.4) is 0 Å². The first-order valence-electron chi connectivity index (χ1n) is 7.38. The first-order chi connectivity index (χ1) is 10.5. The molecule has 1 aromatic carbocycles. The summed E-state index contributed by atoms with van der Waals surface area (Å²) >= 11 is 0. The van der Waals surface area contributed by atoms with E-state index in [4.69, 9.17) is 4.74 Å². The van der Waals surface area contributed by atoms with Crippen molar-refractivity contribution >= 4 is 11.8 Å². The molecule has 4 nitrogen and oxygen atoms in total. The average Bonchev–Trinajstić information content (AvgIpc) is 2.41. The number of carbonyl (C=O) groups excluding carboxylic acids is 1. The summed E-state index contributed by atoms with van der Waals surface area (Å²) in [5.41, 5.74) is -2.05. The number of alkyl halides is 3. The monoisotopic (exact) mass is 333 g/mol. The molecule has 1 N–H and O–H groups in total. The van der Waals surface area contributed by atoms with Crippen molar-refractivity contribution in [3.05, 3.63) is 29.3 Å². The predicted octanol–water partition coefficient (Wildman–Crippen LogP) is 5.18. The van der Waals surface area contributed by atoms with Gasteiger partial charge in [0.1, 0.15) is 5.60 Å². The fourth-order valence-electron chi connectivity index (χ4n) is 2.06. The van der Waals surface area contributed by atoms with Gasteiger partial charge in [-0.1, -0.05) is 19.4 Å². The number of hydrogen-bond acceptors (Lipinski definition) is 3. The number of nitrogens with zero attached hydrogens (tertiary/aromatic N) is 1. The molecule has 7 heteroatoms. The molecule has 0 heterocycles. The first-order valence-corrected chi connectivity index (χ1v) is 7.38. The third-order valence-electron chi connectivity index (χ3n) is 3.03. The van der Waals surface area contributed by atoms with Crippen LogP contribution in [0.2, 0.25) is 0 Å². The number of anilines is 1. The molecule has 23 heavy (non-hydrogen) atoms. The van der Waals surface area contributed by atoms with Crippen LogP contribution in [0.15, 0.2) is 18.2 Å². The van der Waals surface area contributed by atoms with Gasteiger partial charge in [0.2, 0.25) is 0 Å².